The molecule has 2 heterocycles. The lowest BCUT2D eigenvalue weighted by molar-refractivity contribution is -0.120. The summed E-state index contributed by atoms with van der Waals surface area (Å²) in [6.07, 6.45) is 1.99. The van der Waals surface area contributed by atoms with Crippen LogP contribution in [0.25, 0.3) is 0 Å². The van der Waals surface area contributed by atoms with Crippen molar-refractivity contribution in [2.24, 2.45) is 0 Å². The van der Waals surface area contributed by atoms with Crippen molar-refractivity contribution in [1.82, 2.24) is 5.32 Å². The number of nitrogens with one attached hydrogen (secondary N) is 1. The molecule has 1 amide bonds. The van der Waals surface area contributed by atoms with Crippen LogP contribution in [0.15, 0.2) is 64.6 Å². The fourth-order valence-electron chi connectivity index (χ4n) is 2.57. The van der Waals surface area contributed by atoms with Crippen molar-refractivity contribution in [3.8, 4) is 5.75 Å². The Morgan fingerprint density at radius 3 is 2.88 bits per heavy atom. The first-order valence-electron chi connectivity index (χ1n) is 7.72. The molecule has 0 aliphatic carbocycles. The predicted octanol–water partition coefficient (Wildman–Crippen LogP) is 3.84. The fourth-order valence-corrected chi connectivity index (χ4v) is 3.40. The molecule has 0 saturated heterocycles. The molecule has 3 rings (SSSR count). The summed E-state index contributed by atoms with van der Waals surface area (Å²) in [5.74, 6) is 1.64. The van der Waals surface area contributed by atoms with E-state index in [9.17, 15) is 4.79 Å². The smallest absolute Gasteiger partial charge is 0.224 e. The molecule has 0 aliphatic rings. The van der Waals surface area contributed by atoms with Gasteiger partial charge in [-0.05, 0) is 41.3 Å². The molecule has 1 atom stereocenters. The molecular weight excluding hydrogens is 322 g/mol. The van der Waals surface area contributed by atoms with E-state index in [1.807, 2.05) is 47.8 Å². The molecule has 0 aliphatic heterocycles. The number of amides is 1. The minimum Gasteiger partial charge on any atom is -0.497 e. The number of benzene rings is 1. The highest BCUT2D eigenvalue weighted by Crippen LogP contribution is 2.28. The van der Waals surface area contributed by atoms with E-state index < -0.39 is 0 Å². The van der Waals surface area contributed by atoms with Crippen LogP contribution < -0.4 is 10.1 Å². The zero-order chi connectivity index (χ0) is 16.8. The van der Waals surface area contributed by atoms with Crippen LogP contribution in [0.1, 0.15) is 22.1 Å². The number of hydrogen-bond acceptors (Lipinski definition) is 4. The van der Waals surface area contributed by atoms with Crippen LogP contribution in [0, 0.1) is 0 Å². The monoisotopic (exact) mass is 341 g/mol. The summed E-state index contributed by atoms with van der Waals surface area (Å²) in [6.45, 7) is 0.511. The number of furan rings is 1. The molecule has 0 radical (unpaired) electrons. The van der Waals surface area contributed by atoms with Gasteiger partial charge in [-0.1, -0.05) is 18.2 Å². The predicted molar refractivity (Wildman–Crippen MR) is 94.6 cm³/mol. The van der Waals surface area contributed by atoms with Gasteiger partial charge in [0.1, 0.15) is 11.5 Å². The summed E-state index contributed by atoms with van der Waals surface area (Å²) < 4.78 is 10.7. The Morgan fingerprint density at radius 1 is 1.25 bits per heavy atom. The highest BCUT2D eigenvalue weighted by Gasteiger charge is 2.19. The topological polar surface area (TPSA) is 51.5 Å². The summed E-state index contributed by atoms with van der Waals surface area (Å²) in [4.78, 5) is 13.4. The van der Waals surface area contributed by atoms with E-state index in [1.165, 1.54) is 4.88 Å². The first-order valence-corrected chi connectivity index (χ1v) is 8.60. The molecule has 1 N–H and O–H groups in total. The van der Waals surface area contributed by atoms with Gasteiger partial charge in [0.25, 0.3) is 0 Å². The van der Waals surface area contributed by atoms with Crippen molar-refractivity contribution in [2.45, 2.75) is 12.3 Å². The lowest BCUT2D eigenvalue weighted by atomic mass is 10.0. The number of hydrogen-bond donors (Lipinski definition) is 1. The van der Waals surface area contributed by atoms with Crippen molar-refractivity contribution in [1.29, 1.82) is 0 Å². The van der Waals surface area contributed by atoms with Crippen molar-refractivity contribution >= 4 is 17.2 Å². The van der Waals surface area contributed by atoms with Crippen LogP contribution in [0.3, 0.4) is 0 Å². The van der Waals surface area contributed by atoms with E-state index in [0.717, 1.165) is 17.1 Å². The molecule has 5 heteroatoms. The summed E-state index contributed by atoms with van der Waals surface area (Å²) in [5.41, 5.74) is 0.928. The maximum Gasteiger partial charge on any atom is 0.224 e. The van der Waals surface area contributed by atoms with Gasteiger partial charge < -0.3 is 14.5 Å². The molecule has 0 fully saturated rings. The van der Waals surface area contributed by atoms with Crippen LogP contribution in [-0.2, 0) is 11.2 Å². The summed E-state index contributed by atoms with van der Waals surface area (Å²) in [5, 5.41) is 5.04. The standard InChI is InChI=1S/C19H19NO3S/c1-22-15-6-2-5-14(11-15)12-19(21)20-13-16(17-7-3-9-23-17)18-8-4-10-24-18/h2-11,16H,12-13H2,1H3,(H,20,21)/t16-/m0/s1. The molecule has 0 spiro atoms. The minimum atomic E-state index is -0.0173. The number of carbonyl (C=O) groups excluding carboxylic acids is 1. The van der Waals surface area contributed by atoms with E-state index in [4.69, 9.17) is 9.15 Å². The van der Waals surface area contributed by atoms with E-state index in [2.05, 4.69) is 11.4 Å². The van der Waals surface area contributed by atoms with Crippen molar-refractivity contribution < 1.29 is 13.9 Å². The SMILES string of the molecule is COc1cccc(CC(=O)NC[C@@H](c2ccco2)c2cccs2)c1. The van der Waals surface area contributed by atoms with Crippen LogP contribution in [0.4, 0.5) is 0 Å². The van der Waals surface area contributed by atoms with Gasteiger partial charge in [0.05, 0.1) is 25.7 Å². The summed E-state index contributed by atoms with van der Waals surface area (Å²) in [6, 6.07) is 15.4. The molecule has 2 aromatic heterocycles. The van der Waals surface area contributed by atoms with Gasteiger partial charge >= 0.3 is 0 Å². The van der Waals surface area contributed by atoms with Crippen molar-refractivity contribution in [3.05, 3.63) is 76.4 Å². The third-order valence-electron chi connectivity index (χ3n) is 3.78. The second kappa shape index (κ2) is 7.84. The van der Waals surface area contributed by atoms with Crippen molar-refractivity contribution in [2.75, 3.05) is 13.7 Å². The maximum absolute atomic E-state index is 12.3. The Hall–Kier alpha value is -2.53. The lowest BCUT2D eigenvalue weighted by Gasteiger charge is -2.14. The Balaban J connectivity index is 1.63. The summed E-state index contributed by atoms with van der Waals surface area (Å²) >= 11 is 1.66. The van der Waals surface area contributed by atoms with Gasteiger partial charge in [-0.3, -0.25) is 4.79 Å². The molecule has 4 nitrogen and oxygen atoms in total. The third-order valence-corrected chi connectivity index (χ3v) is 4.76. The number of carbonyl (C=O) groups is 1. The second-order valence-electron chi connectivity index (χ2n) is 5.42. The summed E-state index contributed by atoms with van der Waals surface area (Å²) in [7, 11) is 1.62. The van der Waals surface area contributed by atoms with E-state index in [1.54, 1.807) is 24.7 Å². The Kier molecular flexibility index (Phi) is 5.33. The second-order valence-corrected chi connectivity index (χ2v) is 6.40. The average Bonchev–Trinajstić information content (AvgIpc) is 3.29. The van der Waals surface area contributed by atoms with E-state index in [0.29, 0.717) is 13.0 Å². The molecule has 1 aromatic carbocycles. The average molecular weight is 341 g/mol. The quantitative estimate of drug-likeness (QED) is 0.710. The van der Waals surface area contributed by atoms with Crippen molar-refractivity contribution in [3.63, 3.8) is 0 Å². The van der Waals surface area contributed by atoms with E-state index in [-0.39, 0.29) is 11.8 Å². The Labute approximate surface area is 145 Å². The number of ether oxygens (including phenoxy) is 1. The number of thiophene rings is 1. The molecule has 0 bridgehead atoms. The molecule has 0 unspecified atom stereocenters. The van der Waals surface area contributed by atoms with Gasteiger partial charge in [0.15, 0.2) is 0 Å². The molecule has 0 saturated carbocycles. The fraction of sp³-hybridized carbons (Fsp3) is 0.211. The third kappa shape index (κ3) is 4.06. The van der Waals surface area contributed by atoms with Gasteiger partial charge in [-0.2, -0.15) is 0 Å². The van der Waals surface area contributed by atoms with E-state index >= 15 is 0 Å². The molecule has 124 valence electrons. The zero-order valence-corrected chi connectivity index (χ0v) is 14.2. The maximum atomic E-state index is 12.3. The highest BCUT2D eigenvalue weighted by atomic mass is 32.1. The first kappa shape index (κ1) is 16.3. The molecular formula is C19H19NO3S. The molecule has 24 heavy (non-hydrogen) atoms. The highest BCUT2D eigenvalue weighted by molar-refractivity contribution is 7.10. The minimum absolute atomic E-state index is 0.0173. The van der Waals surface area contributed by atoms with Gasteiger partial charge in [0.2, 0.25) is 5.91 Å². The van der Waals surface area contributed by atoms with Crippen LogP contribution in [-0.4, -0.2) is 19.6 Å². The largest absolute Gasteiger partial charge is 0.497 e. The zero-order valence-electron chi connectivity index (χ0n) is 13.4. The van der Waals surface area contributed by atoms with Gasteiger partial charge in [0, 0.05) is 11.4 Å². The van der Waals surface area contributed by atoms with Gasteiger partial charge in [-0.25, -0.2) is 0 Å². The Bertz CT molecular complexity index is 732. The molecule has 3 aromatic rings. The Morgan fingerprint density at radius 2 is 2.17 bits per heavy atom. The number of methoxy groups -OCH3 is 1. The first-order chi connectivity index (χ1) is 11.8. The van der Waals surface area contributed by atoms with Crippen LogP contribution >= 0.6 is 11.3 Å². The lowest BCUT2D eigenvalue weighted by Crippen LogP contribution is -2.29. The number of rotatable bonds is 7. The van der Waals surface area contributed by atoms with Gasteiger partial charge in [-0.15, -0.1) is 11.3 Å². The van der Waals surface area contributed by atoms with Crippen LogP contribution in [0.5, 0.6) is 5.75 Å². The normalized spacial score (nSPS) is 11.9. The van der Waals surface area contributed by atoms with Crippen LogP contribution in [0.2, 0.25) is 0 Å².